The van der Waals surface area contributed by atoms with Crippen LogP contribution in [0.3, 0.4) is 0 Å². The lowest BCUT2D eigenvalue weighted by atomic mass is 9.86. The highest BCUT2D eigenvalue weighted by Gasteiger charge is 2.29. The lowest BCUT2D eigenvalue weighted by Gasteiger charge is -2.35. The van der Waals surface area contributed by atoms with Crippen LogP contribution in [0.4, 0.5) is 0 Å². The number of hydrogen-bond donors (Lipinski definition) is 0. The summed E-state index contributed by atoms with van der Waals surface area (Å²) in [6.45, 7) is 1.87. The molecule has 1 aromatic rings. The maximum atomic E-state index is 12.5. The quantitative estimate of drug-likeness (QED) is 0.827. The monoisotopic (exact) mass is 272 g/mol. The fourth-order valence-corrected chi connectivity index (χ4v) is 3.68. The number of aromatic nitrogens is 1. The van der Waals surface area contributed by atoms with Gasteiger partial charge in [0.25, 0.3) is 0 Å². The summed E-state index contributed by atoms with van der Waals surface area (Å²) in [6.07, 6.45) is 12.0. The Balaban J connectivity index is 1.54. The molecule has 0 radical (unpaired) electrons. The molecule has 2 fully saturated rings. The number of rotatable bonds is 2. The molecule has 20 heavy (non-hydrogen) atoms. The standard InChI is InChI=1S/C17H24N2O/c20-17(16-4-2-1-3-5-16)19-12-8-15(9-13-19)14-6-10-18-11-7-14/h6-7,10-11,15-16H,1-5,8-9,12-13H2. The zero-order chi connectivity index (χ0) is 13.8. The normalized spacial score (nSPS) is 21.9. The molecule has 2 heterocycles. The van der Waals surface area contributed by atoms with E-state index in [9.17, 15) is 4.79 Å². The summed E-state index contributed by atoms with van der Waals surface area (Å²) < 4.78 is 0. The third-order valence-corrected chi connectivity index (χ3v) is 4.94. The number of amides is 1. The Kier molecular flexibility index (Phi) is 4.34. The first kappa shape index (κ1) is 13.6. The molecule has 1 aliphatic heterocycles. The molecule has 1 aromatic heterocycles. The van der Waals surface area contributed by atoms with Crippen LogP contribution in [0.25, 0.3) is 0 Å². The number of carbonyl (C=O) groups excluding carboxylic acids is 1. The zero-order valence-electron chi connectivity index (χ0n) is 12.1. The predicted molar refractivity (Wildman–Crippen MR) is 79.4 cm³/mol. The van der Waals surface area contributed by atoms with Gasteiger partial charge < -0.3 is 4.90 Å². The molecule has 0 spiro atoms. The number of hydrogen-bond acceptors (Lipinski definition) is 2. The molecular weight excluding hydrogens is 248 g/mol. The van der Waals surface area contributed by atoms with Crippen LogP contribution in [-0.2, 0) is 4.79 Å². The summed E-state index contributed by atoms with van der Waals surface area (Å²) in [5.74, 6) is 1.35. The second kappa shape index (κ2) is 6.38. The van der Waals surface area contributed by atoms with Crippen molar-refractivity contribution in [2.45, 2.75) is 50.9 Å². The highest BCUT2D eigenvalue weighted by atomic mass is 16.2. The van der Waals surface area contributed by atoms with Crippen LogP contribution >= 0.6 is 0 Å². The summed E-state index contributed by atoms with van der Waals surface area (Å²) in [5, 5.41) is 0. The Hall–Kier alpha value is -1.38. The molecule has 2 aliphatic rings. The largest absolute Gasteiger partial charge is 0.342 e. The molecule has 0 aromatic carbocycles. The van der Waals surface area contributed by atoms with Gasteiger partial charge in [-0.2, -0.15) is 0 Å². The van der Waals surface area contributed by atoms with E-state index in [1.165, 1.54) is 24.8 Å². The van der Waals surface area contributed by atoms with Crippen LogP contribution in [0.1, 0.15) is 56.4 Å². The Morgan fingerprint density at radius 1 is 1.00 bits per heavy atom. The molecule has 3 nitrogen and oxygen atoms in total. The van der Waals surface area contributed by atoms with Crippen LogP contribution in [0.15, 0.2) is 24.5 Å². The van der Waals surface area contributed by atoms with E-state index in [2.05, 4.69) is 22.0 Å². The number of pyridine rings is 1. The Morgan fingerprint density at radius 3 is 2.30 bits per heavy atom. The molecular formula is C17H24N2O. The van der Waals surface area contributed by atoms with E-state index in [-0.39, 0.29) is 0 Å². The smallest absolute Gasteiger partial charge is 0.225 e. The third kappa shape index (κ3) is 3.02. The summed E-state index contributed by atoms with van der Waals surface area (Å²) in [4.78, 5) is 18.7. The fraction of sp³-hybridized carbons (Fsp3) is 0.647. The summed E-state index contributed by atoms with van der Waals surface area (Å²) in [6, 6.07) is 4.23. The van der Waals surface area contributed by atoms with Gasteiger partial charge in [0.2, 0.25) is 5.91 Å². The van der Waals surface area contributed by atoms with Crippen molar-refractivity contribution in [1.82, 2.24) is 9.88 Å². The first-order valence-corrected chi connectivity index (χ1v) is 8.03. The third-order valence-electron chi connectivity index (χ3n) is 4.94. The van der Waals surface area contributed by atoms with Gasteiger partial charge in [-0.3, -0.25) is 9.78 Å². The van der Waals surface area contributed by atoms with Gasteiger partial charge in [0.05, 0.1) is 0 Å². The molecule has 1 saturated heterocycles. The van der Waals surface area contributed by atoms with Gasteiger partial charge in [0.15, 0.2) is 0 Å². The van der Waals surface area contributed by atoms with Crippen LogP contribution < -0.4 is 0 Å². The maximum absolute atomic E-state index is 12.5. The van der Waals surface area contributed by atoms with Gasteiger partial charge in [-0.15, -0.1) is 0 Å². The van der Waals surface area contributed by atoms with Crippen LogP contribution in [0.2, 0.25) is 0 Å². The molecule has 108 valence electrons. The maximum Gasteiger partial charge on any atom is 0.225 e. The molecule has 0 bridgehead atoms. The first-order chi connectivity index (χ1) is 9.84. The van der Waals surface area contributed by atoms with Crippen molar-refractivity contribution in [2.24, 2.45) is 5.92 Å². The summed E-state index contributed by atoms with van der Waals surface area (Å²) in [5.41, 5.74) is 1.38. The van der Waals surface area contributed by atoms with Crippen LogP contribution in [0.5, 0.6) is 0 Å². The fourth-order valence-electron chi connectivity index (χ4n) is 3.68. The van der Waals surface area contributed by atoms with Crippen molar-refractivity contribution in [2.75, 3.05) is 13.1 Å². The highest BCUT2D eigenvalue weighted by molar-refractivity contribution is 5.79. The van der Waals surface area contributed by atoms with E-state index in [1.807, 2.05) is 12.4 Å². The molecule has 1 aliphatic carbocycles. The lowest BCUT2D eigenvalue weighted by molar-refractivity contribution is -0.137. The average Bonchev–Trinajstić information content (AvgIpc) is 2.56. The first-order valence-electron chi connectivity index (χ1n) is 8.03. The minimum Gasteiger partial charge on any atom is -0.342 e. The topological polar surface area (TPSA) is 33.2 Å². The molecule has 0 atom stereocenters. The number of carbonyl (C=O) groups is 1. The van der Waals surface area contributed by atoms with Gasteiger partial charge in [-0.1, -0.05) is 19.3 Å². The van der Waals surface area contributed by atoms with E-state index >= 15 is 0 Å². The Bertz CT molecular complexity index is 432. The van der Waals surface area contributed by atoms with Gasteiger partial charge >= 0.3 is 0 Å². The minimum absolute atomic E-state index is 0.321. The van der Waals surface area contributed by atoms with Crippen molar-refractivity contribution < 1.29 is 4.79 Å². The zero-order valence-corrected chi connectivity index (χ0v) is 12.1. The molecule has 0 unspecified atom stereocenters. The van der Waals surface area contributed by atoms with Crippen LogP contribution in [0, 0.1) is 5.92 Å². The summed E-state index contributed by atoms with van der Waals surface area (Å²) in [7, 11) is 0. The summed E-state index contributed by atoms with van der Waals surface area (Å²) >= 11 is 0. The molecule has 1 saturated carbocycles. The highest BCUT2D eigenvalue weighted by Crippen LogP contribution is 2.30. The Labute approximate surface area is 121 Å². The van der Waals surface area contributed by atoms with Gasteiger partial charge in [-0.25, -0.2) is 0 Å². The van der Waals surface area contributed by atoms with Crippen molar-refractivity contribution in [3.63, 3.8) is 0 Å². The van der Waals surface area contributed by atoms with Crippen molar-refractivity contribution in [3.8, 4) is 0 Å². The Morgan fingerprint density at radius 2 is 1.65 bits per heavy atom. The van der Waals surface area contributed by atoms with Crippen molar-refractivity contribution >= 4 is 5.91 Å². The number of nitrogens with zero attached hydrogens (tertiary/aromatic N) is 2. The van der Waals surface area contributed by atoms with Gasteiger partial charge in [0, 0.05) is 31.4 Å². The second-order valence-corrected chi connectivity index (χ2v) is 6.22. The molecule has 3 heteroatoms. The predicted octanol–water partition coefficient (Wildman–Crippen LogP) is 3.37. The van der Waals surface area contributed by atoms with Crippen molar-refractivity contribution in [3.05, 3.63) is 30.1 Å². The van der Waals surface area contributed by atoms with E-state index in [1.54, 1.807) is 0 Å². The SMILES string of the molecule is O=C(C1CCCCC1)N1CCC(c2ccncc2)CC1. The molecule has 1 amide bonds. The van der Waals surface area contributed by atoms with E-state index in [4.69, 9.17) is 0 Å². The van der Waals surface area contributed by atoms with E-state index in [0.29, 0.717) is 17.7 Å². The van der Waals surface area contributed by atoms with E-state index in [0.717, 1.165) is 38.8 Å². The molecule has 3 rings (SSSR count). The average molecular weight is 272 g/mol. The molecule has 0 N–H and O–H groups in total. The lowest BCUT2D eigenvalue weighted by Crippen LogP contribution is -2.41. The van der Waals surface area contributed by atoms with Gasteiger partial charge in [-0.05, 0) is 49.3 Å². The minimum atomic E-state index is 0.321. The van der Waals surface area contributed by atoms with E-state index < -0.39 is 0 Å². The second-order valence-electron chi connectivity index (χ2n) is 6.22. The number of piperidine rings is 1. The van der Waals surface area contributed by atoms with Crippen LogP contribution in [-0.4, -0.2) is 28.9 Å². The van der Waals surface area contributed by atoms with Crippen molar-refractivity contribution in [1.29, 1.82) is 0 Å². The number of likely N-dealkylation sites (tertiary alicyclic amines) is 1. The van der Waals surface area contributed by atoms with Gasteiger partial charge in [0.1, 0.15) is 0 Å².